The first-order valence-electron chi connectivity index (χ1n) is 4.07. The van der Waals surface area contributed by atoms with E-state index >= 15 is 0 Å². The largest absolute Gasteiger partial charge is 0.303 e. The Hall–Kier alpha value is -0.180. The zero-order valence-corrected chi connectivity index (χ0v) is 7.11. The fourth-order valence-electron chi connectivity index (χ4n) is 1.65. The third-order valence-electron chi connectivity index (χ3n) is 2.27. The van der Waals surface area contributed by atoms with Crippen LogP contribution in [0.4, 0.5) is 8.78 Å². The minimum atomic E-state index is -2.50. The second-order valence-corrected chi connectivity index (χ2v) is 3.55. The van der Waals surface area contributed by atoms with Gasteiger partial charge >= 0.3 is 0 Å². The van der Waals surface area contributed by atoms with Crippen LogP contribution in [0.3, 0.4) is 0 Å². The molecule has 1 nitrogen and oxygen atoms in total. The van der Waals surface area contributed by atoms with Gasteiger partial charge < -0.3 is 4.90 Å². The average Bonchev–Trinajstić information content (AvgIpc) is 2.12. The van der Waals surface area contributed by atoms with Gasteiger partial charge in [-0.3, -0.25) is 0 Å². The molecule has 1 unspecified atom stereocenters. The van der Waals surface area contributed by atoms with Crippen LogP contribution < -0.4 is 0 Å². The Balaban J connectivity index is 2.37. The number of halogens is 2. The van der Waals surface area contributed by atoms with Gasteiger partial charge in [-0.1, -0.05) is 0 Å². The van der Waals surface area contributed by atoms with E-state index in [0.29, 0.717) is 0 Å². The van der Waals surface area contributed by atoms with E-state index in [4.69, 9.17) is 0 Å². The third kappa shape index (κ3) is 2.73. The van der Waals surface area contributed by atoms with E-state index < -0.39 is 5.92 Å². The van der Waals surface area contributed by atoms with Crippen molar-refractivity contribution in [3.63, 3.8) is 0 Å². The predicted molar refractivity (Wildman–Crippen MR) is 40.9 cm³/mol. The molecule has 11 heavy (non-hydrogen) atoms. The molecule has 3 heteroatoms. The molecule has 0 spiro atoms. The van der Waals surface area contributed by atoms with Crippen LogP contribution in [-0.2, 0) is 0 Å². The molecule has 0 aliphatic carbocycles. The van der Waals surface area contributed by atoms with Crippen molar-refractivity contribution in [2.24, 2.45) is 0 Å². The highest BCUT2D eigenvalue weighted by molar-refractivity contribution is 4.80. The lowest BCUT2D eigenvalue weighted by atomic mass is 10.1. The van der Waals surface area contributed by atoms with Gasteiger partial charge in [0.15, 0.2) is 0 Å². The van der Waals surface area contributed by atoms with Crippen LogP contribution in [0.15, 0.2) is 0 Å². The minimum Gasteiger partial charge on any atom is -0.303 e. The van der Waals surface area contributed by atoms with Crippen molar-refractivity contribution in [1.82, 2.24) is 4.90 Å². The molecule has 1 aliphatic rings. The average molecular weight is 163 g/mol. The molecular weight excluding hydrogens is 148 g/mol. The van der Waals surface area contributed by atoms with E-state index in [0.717, 1.165) is 26.3 Å². The summed E-state index contributed by atoms with van der Waals surface area (Å²) < 4.78 is 25.0. The van der Waals surface area contributed by atoms with E-state index in [1.807, 2.05) is 11.9 Å². The molecule has 0 radical (unpaired) electrons. The minimum absolute atomic E-state index is 0.0174. The fraction of sp³-hybridized carbons (Fsp3) is 1.00. The third-order valence-corrected chi connectivity index (χ3v) is 2.27. The van der Waals surface area contributed by atoms with Crippen LogP contribution in [0.1, 0.15) is 26.2 Å². The van der Waals surface area contributed by atoms with Crippen molar-refractivity contribution >= 4 is 0 Å². The lowest BCUT2D eigenvalue weighted by molar-refractivity contribution is -0.00661. The van der Waals surface area contributed by atoms with Gasteiger partial charge in [-0.05, 0) is 33.4 Å². The van der Waals surface area contributed by atoms with Crippen molar-refractivity contribution in [3.8, 4) is 0 Å². The Bertz CT molecular complexity index is 131. The van der Waals surface area contributed by atoms with Gasteiger partial charge in [-0.25, -0.2) is 8.78 Å². The van der Waals surface area contributed by atoms with Gasteiger partial charge in [0.05, 0.1) is 0 Å². The van der Waals surface area contributed by atoms with Gasteiger partial charge in [0.25, 0.3) is 0 Å². The number of likely N-dealkylation sites (tertiary alicyclic amines) is 1. The van der Waals surface area contributed by atoms with Crippen molar-refractivity contribution in [1.29, 1.82) is 0 Å². The van der Waals surface area contributed by atoms with Crippen molar-refractivity contribution in [2.45, 2.75) is 38.2 Å². The van der Waals surface area contributed by atoms with Crippen LogP contribution in [-0.4, -0.2) is 30.5 Å². The molecule has 0 aromatic carbocycles. The number of hydrogen-bond donors (Lipinski definition) is 0. The molecular formula is C8H15F2N. The molecule has 1 heterocycles. The van der Waals surface area contributed by atoms with Crippen LogP contribution in [0.25, 0.3) is 0 Å². The highest BCUT2D eigenvalue weighted by Gasteiger charge is 2.31. The molecule has 0 saturated carbocycles. The second-order valence-electron chi connectivity index (χ2n) is 3.55. The summed E-state index contributed by atoms with van der Waals surface area (Å²) in [5.41, 5.74) is 0. The summed E-state index contributed by atoms with van der Waals surface area (Å²) in [4.78, 5) is 2.03. The van der Waals surface area contributed by atoms with Crippen LogP contribution in [0.5, 0.6) is 0 Å². The van der Waals surface area contributed by atoms with Gasteiger partial charge in [-0.2, -0.15) is 0 Å². The molecule has 1 rings (SSSR count). The smallest absolute Gasteiger partial charge is 0.246 e. The maximum absolute atomic E-state index is 12.5. The van der Waals surface area contributed by atoms with Gasteiger partial charge in [-0.15, -0.1) is 0 Å². The molecule has 1 aliphatic heterocycles. The molecule has 0 N–H and O–H groups in total. The molecule has 0 aromatic heterocycles. The van der Waals surface area contributed by atoms with E-state index in [9.17, 15) is 8.78 Å². The maximum atomic E-state index is 12.5. The molecule has 0 aromatic rings. The molecule has 66 valence electrons. The zero-order chi connectivity index (χ0) is 8.48. The van der Waals surface area contributed by atoms with Crippen molar-refractivity contribution < 1.29 is 8.78 Å². The van der Waals surface area contributed by atoms with Crippen LogP contribution in [0.2, 0.25) is 0 Å². The van der Waals surface area contributed by atoms with E-state index in [1.165, 1.54) is 0 Å². The quantitative estimate of drug-likeness (QED) is 0.602. The number of alkyl halides is 2. The number of hydrogen-bond acceptors (Lipinski definition) is 1. The second kappa shape index (κ2) is 3.05. The summed E-state index contributed by atoms with van der Waals surface area (Å²) in [5.74, 6) is -2.50. The first-order chi connectivity index (χ1) is 4.99. The van der Waals surface area contributed by atoms with Crippen LogP contribution in [0, 0.1) is 0 Å². The monoisotopic (exact) mass is 163 g/mol. The summed E-state index contributed by atoms with van der Waals surface area (Å²) >= 11 is 0. The summed E-state index contributed by atoms with van der Waals surface area (Å²) in [6.07, 6.45) is 2.01. The Morgan fingerprint density at radius 3 is 2.55 bits per heavy atom. The van der Waals surface area contributed by atoms with Crippen molar-refractivity contribution in [3.05, 3.63) is 0 Å². The predicted octanol–water partition coefficient (Wildman–Crippen LogP) is 2.13. The number of rotatable bonds is 2. The Morgan fingerprint density at radius 2 is 2.18 bits per heavy atom. The summed E-state index contributed by atoms with van der Waals surface area (Å²) in [6.45, 7) is 1.97. The molecule has 1 fully saturated rings. The molecule has 0 amide bonds. The SMILES string of the molecule is CN1CCCC1CC(C)(F)F. The van der Waals surface area contributed by atoms with Gasteiger partial charge in [0.1, 0.15) is 0 Å². The summed E-state index contributed by atoms with van der Waals surface area (Å²) in [5, 5.41) is 0. The first kappa shape index (κ1) is 8.91. The lowest BCUT2D eigenvalue weighted by Crippen LogP contribution is -2.30. The maximum Gasteiger partial charge on any atom is 0.246 e. The number of nitrogens with zero attached hydrogens (tertiary/aromatic N) is 1. The standard InChI is InChI=1S/C8H15F2N/c1-8(9,10)6-7-4-3-5-11(7)2/h7H,3-6H2,1-2H3. The molecule has 0 bridgehead atoms. The Labute approximate surface area is 66.4 Å². The van der Waals surface area contributed by atoms with Crippen molar-refractivity contribution in [2.75, 3.05) is 13.6 Å². The fourth-order valence-corrected chi connectivity index (χ4v) is 1.65. The highest BCUT2D eigenvalue weighted by Crippen LogP contribution is 2.27. The Kier molecular flexibility index (Phi) is 2.47. The zero-order valence-electron chi connectivity index (χ0n) is 7.11. The lowest BCUT2D eigenvalue weighted by Gasteiger charge is -2.22. The summed E-state index contributed by atoms with van der Waals surface area (Å²) in [7, 11) is 1.92. The summed E-state index contributed by atoms with van der Waals surface area (Å²) in [6, 6.07) is 0.106. The van der Waals surface area contributed by atoms with E-state index in [1.54, 1.807) is 0 Å². The topological polar surface area (TPSA) is 3.24 Å². The molecule has 1 atom stereocenters. The van der Waals surface area contributed by atoms with E-state index in [2.05, 4.69) is 0 Å². The van der Waals surface area contributed by atoms with Crippen LogP contribution >= 0.6 is 0 Å². The Morgan fingerprint density at radius 1 is 1.55 bits per heavy atom. The highest BCUT2D eigenvalue weighted by atomic mass is 19.3. The van der Waals surface area contributed by atoms with E-state index in [-0.39, 0.29) is 12.5 Å². The molecule has 1 saturated heterocycles. The van der Waals surface area contributed by atoms with Gasteiger partial charge in [0, 0.05) is 12.5 Å². The first-order valence-corrected chi connectivity index (χ1v) is 4.07. The van der Waals surface area contributed by atoms with Gasteiger partial charge in [0.2, 0.25) is 5.92 Å². The normalized spacial score (nSPS) is 27.8.